The zero-order valence-corrected chi connectivity index (χ0v) is 32.1. The number of hydrogen-bond donors (Lipinski definition) is 3. The minimum atomic E-state index is -1.20. The summed E-state index contributed by atoms with van der Waals surface area (Å²) in [4.78, 5) is 72.7. The number of urea groups is 1. The van der Waals surface area contributed by atoms with Crippen molar-refractivity contribution in [1.82, 2.24) is 34.9 Å². The third kappa shape index (κ3) is 10.8. The fourth-order valence-electron chi connectivity index (χ4n) is 6.71. The van der Waals surface area contributed by atoms with E-state index in [2.05, 4.69) is 25.8 Å². The number of benzene rings is 1. The molecule has 2 aromatic rings. The number of carbonyl (C=O) groups excluding carboxylic acids is 4. The van der Waals surface area contributed by atoms with E-state index < -0.39 is 34.6 Å². The second kappa shape index (κ2) is 15.6. The number of rotatable bonds is 10. The number of nitrogens with zero attached hydrogens (tertiary/aromatic N) is 5. The number of anilines is 1. The van der Waals surface area contributed by atoms with Gasteiger partial charge in [0.05, 0.1) is 5.69 Å². The lowest BCUT2D eigenvalue weighted by Crippen LogP contribution is -2.60. The lowest BCUT2D eigenvalue weighted by atomic mass is 10.0. The number of carbonyl (C=O) groups is 4. The van der Waals surface area contributed by atoms with Crippen molar-refractivity contribution in [1.29, 1.82) is 0 Å². The first-order valence-corrected chi connectivity index (χ1v) is 18.2. The van der Waals surface area contributed by atoms with Crippen molar-refractivity contribution in [2.45, 2.75) is 72.1 Å². The molecule has 0 radical (unpaired) electrons. The molecule has 5 amide bonds. The first-order chi connectivity index (χ1) is 24.8. The van der Waals surface area contributed by atoms with Crippen molar-refractivity contribution < 1.29 is 33.4 Å². The lowest BCUT2D eigenvalue weighted by molar-refractivity contribution is -0.138. The summed E-state index contributed by atoms with van der Waals surface area (Å²) in [6, 6.07) is 8.26. The predicted octanol–water partition coefficient (Wildman–Crippen LogP) is 3.29. The second-order valence-corrected chi connectivity index (χ2v) is 16.4. The van der Waals surface area contributed by atoms with Gasteiger partial charge < -0.3 is 34.6 Å². The quantitative estimate of drug-likeness (QED) is 0.328. The molecule has 3 aliphatic rings. The molecule has 5 rings (SSSR count). The molecule has 0 bridgehead atoms. The smallest absolute Gasteiger partial charge is 0.408 e. The standard InChI is InChI=1S/C37H54N8O8/c1-35(2,3)52-33(49)38-21-26-27-22-42(23-28(26)27)19-20-51-25-11-9-24(10-12-25)45-14-13-29(40-32(45)48)39-31(47)44-17-15-43(16-18-44)30(46)37(7,8)41-34(50)53-36(4,5)6/h9-14,26-28H,15-23H2,1-8H3,(H,38,49)(H,41,50)(H,39,40,47,48). The molecule has 1 aromatic heterocycles. The maximum absolute atomic E-state index is 13.1. The number of piperidine rings is 1. The van der Waals surface area contributed by atoms with Gasteiger partial charge in [0.1, 0.15) is 34.9 Å². The Morgan fingerprint density at radius 2 is 1.40 bits per heavy atom. The van der Waals surface area contributed by atoms with Crippen molar-refractivity contribution in [3.63, 3.8) is 0 Å². The topological polar surface area (TPSA) is 177 Å². The van der Waals surface area contributed by atoms with E-state index in [-0.39, 0.29) is 44.0 Å². The molecular weight excluding hydrogens is 684 g/mol. The molecule has 3 fully saturated rings. The minimum absolute atomic E-state index is 0.113. The molecule has 0 spiro atoms. The Balaban J connectivity index is 1.01. The van der Waals surface area contributed by atoms with Crippen LogP contribution >= 0.6 is 0 Å². The fourth-order valence-corrected chi connectivity index (χ4v) is 6.71. The lowest BCUT2D eigenvalue weighted by Gasteiger charge is -2.38. The second-order valence-electron chi connectivity index (χ2n) is 16.4. The highest BCUT2D eigenvalue weighted by molar-refractivity contribution is 5.90. The van der Waals surface area contributed by atoms with Crippen LogP contribution in [0.25, 0.3) is 5.69 Å². The Morgan fingerprint density at radius 1 is 0.811 bits per heavy atom. The van der Waals surface area contributed by atoms with Crippen LogP contribution in [0.4, 0.5) is 20.2 Å². The summed E-state index contributed by atoms with van der Waals surface area (Å²) >= 11 is 0. The highest BCUT2D eigenvalue weighted by Crippen LogP contribution is 2.51. The summed E-state index contributed by atoms with van der Waals surface area (Å²) in [5.41, 5.74) is -2.35. The summed E-state index contributed by atoms with van der Waals surface area (Å²) in [7, 11) is 0. The Labute approximate surface area is 310 Å². The normalized spacial score (nSPS) is 20.3. The van der Waals surface area contributed by atoms with Gasteiger partial charge >= 0.3 is 23.9 Å². The first-order valence-electron chi connectivity index (χ1n) is 18.2. The Hall–Kier alpha value is -4.86. The van der Waals surface area contributed by atoms with Gasteiger partial charge in [0.25, 0.3) is 0 Å². The van der Waals surface area contributed by atoms with E-state index in [0.29, 0.717) is 42.3 Å². The molecule has 1 aliphatic carbocycles. The van der Waals surface area contributed by atoms with Crippen molar-refractivity contribution >= 4 is 29.9 Å². The van der Waals surface area contributed by atoms with Crippen LogP contribution in [-0.2, 0) is 14.3 Å². The molecule has 2 unspecified atom stereocenters. The van der Waals surface area contributed by atoms with Gasteiger partial charge in [-0.2, -0.15) is 4.98 Å². The maximum atomic E-state index is 13.1. The molecule has 16 heteroatoms. The van der Waals surface area contributed by atoms with Crippen LogP contribution in [0, 0.1) is 17.8 Å². The van der Waals surface area contributed by atoms with E-state index in [4.69, 9.17) is 14.2 Å². The molecule has 2 aliphatic heterocycles. The number of ether oxygens (including phenoxy) is 3. The number of nitrogens with one attached hydrogen (secondary N) is 3. The van der Waals surface area contributed by atoms with Crippen molar-refractivity contribution in [3.8, 4) is 11.4 Å². The van der Waals surface area contributed by atoms with E-state index in [1.165, 1.54) is 4.57 Å². The van der Waals surface area contributed by atoms with Crippen LogP contribution in [0.15, 0.2) is 41.3 Å². The van der Waals surface area contributed by atoms with Gasteiger partial charge in [-0.1, -0.05) is 0 Å². The highest BCUT2D eigenvalue weighted by atomic mass is 16.6. The number of aromatic nitrogens is 2. The molecule has 3 heterocycles. The van der Waals surface area contributed by atoms with Gasteiger partial charge in [-0.15, -0.1) is 0 Å². The minimum Gasteiger partial charge on any atom is -0.492 e. The van der Waals surface area contributed by atoms with Crippen molar-refractivity contribution in [2.75, 3.05) is 64.3 Å². The van der Waals surface area contributed by atoms with E-state index >= 15 is 0 Å². The summed E-state index contributed by atoms with van der Waals surface area (Å²) < 4.78 is 18.0. The summed E-state index contributed by atoms with van der Waals surface area (Å²) in [6.07, 6.45) is 0.502. The molecule has 53 heavy (non-hydrogen) atoms. The number of piperazine rings is 1. The van der Waals surface area contributed by atoms with Gasteiger partial charge in [0.15, 0.2) is 0 Å². The zero-order valence-electron chi connectivity index (χ0n) is 32.1. The average Bonchev–Trinajstić information content (AvgIpc) is 3.51. The third-order valence-electron chi connectivity index (χ3n) is 9.36. The Kier molecular flexibility index (Phi) is 11.6. The van der Waals surface area contributed by atoms with Crippen molar-refractivity contribution in [3.05, 3.63) is 47.0 Å². The van der Waals surface area contributed by atoms with E-state index in [1.807, 2.05) is 20.8 Å². The van der Waals surface area contributed by atoms with E-state index in [1.54, 1.807) is 80.9 Å². The third-order valence-corrected chi connectivity index (χ3v) is 9.36. The zero-order chi connectivity index (χ0) is 38.7. The van der Waals surface area contributed by atoms with Gasteiger partial charge in [0, 0.05) is 58.6 Å². The average molecular weight is 739 g/mol. The number of fused-ring (bicyclic) bond motifs is 1. The summed E-state index contributed by atoms with van der Waals surface area (Å²) in [5, 5.41) is 8.20. The molecule has 2 saturated heterocycles. The van der Waals surface area contributed by atoms with Crippen LogP contribution in [0.2, 0.25) is 0 Å². The monoisotopic (exact) mass is 738 g/mol. The van der Waals surface area contributed by atoms with Gasteiger partial charge in [-0.25, -0.2) is 19.2 Å². The van der Waals surface area contributed by atoms with E-state index in [0.717, 1.165) is 19.6 Å². The highest BCUT2D eigenvalue weighted by Gasteiger charge is 2.55. The Bertz CT molecular complexity index is 1690. The number of alkyl carbamates (subject to hydrolysis) is 2. The fraction of sp³-hybridized carbons (Fsp3) is 0.622. The summed E-state index contributed by atoms with van der Waals surface area (Å²) in [6.45, 7) is 19.1. The van der Waals surface area contributed by atoms with Crippen molar-refractivity contribution in [2.24, 2.45) is 17.8 Å². The number of likely N-dealkylation sites (tertiary alicyclic amines) is 1. The molecular formula is C37H54N8O8. The molecule has 1 aromatic carbocycles. The molecule has 290 valence electrons. The van der Waals surface area contributed by atoms with Crippen LogP contribution in [0.1, 0.15) is 55.4 Å². The Morgan fingerprint density at radius 3 is 1.98 bits per heavy atom. The SMILES string of the molecule is CC(C)(C)OC(=O)NCC1C2CN(CCOc3ccc(-n4ccc(NC(=O)N5CCN(C(=O)C(C)(C)NC(=O)OC(C)(C)C)CC5)nc4=O)cc3)CC12. The molecule has 16 nitrogen and oxygen atoms in total. The van der Waals surface area contributed by atoms with Gasteiger partial charge in [0.2, 0.25) is 5.91 Å². The largest absolute Gasteiger partial charge is 0.492 e. The molecule has 1 saturated carbocycles. The molecule has 3 N–H and O–H groups in total. The van der Waals surface area contributed by atoms with Gasteiger partial charge in [-0.3, -0.25) is 19.6 Å². The first kappa shape index (κ1) is 39.3. The van der Waals surface area contributed by atoms with Crippen LogP contribution < -0.4 is 26.4 Å². The summed E-state index contributed by atoms with van der Waals surface area (Å²) in [5.74, 6) is 2.22. The van der Waals surface area contributed by atoms with Crippen LogP contribution in [-0.4, -0.2) is 124 Å². The number of amides is 5. The maximum Gasteiger partial charge on any atom is 0.408 e. The van der Waals surface area contributed by atoms with E-state index in [9.17, 15) is 24.0 Å². The number of hydrogen-bond acceptors (Lipinski definition) is 10. The van der Waals surface area contributed by atoms with Crippen LogP contribution in [0.5, 0.6) is 5.75 Å². The van der Waals surface area contributed by atoms with Gasteiger partial charge in [-0.05, 0) is 103 Å². The predicted molar refractivity (Wildman–Crippen MR) is 197 cm³/mol. The van der Waals surface area contributed by atoms with Crippen LogP contribution in [0.3, 0.4) is 0 Å². The molecule has 2 atom stereocenters.